The van der Waals surface area contributed by atoms with Gasteiger partial charge in [-0.05, 0) is 42.5 Å². The zero-order valence-corrected chi connectivity index (χ0v) is 14.6. The van der Waals surface area contributed by atoms with Gasteiger partial charge in [-0.3, -0.25) is 0 Å². The maximum atomic E-state index is 12.6. The summed E-state index contributed by atoms with van der Waals surface area (Å²) in [4.78, 5) is 14.2. The number of carbonyl (C=O) groups is 1. The van der Waals surface area contributed by atoms with Crippen molar-refractivity contribution < 1.29 is 14.6 Å². The van der Waals surface area contributed by atoms with E-state index in [0.29, 0.717) is 19.6 Å². The molecule has 1 N–H and O–H groups in total. The van der Waals surface area contributed by atoms with E-state index in [4.69, 9.17) is 4.74 Å². The summed E-state index contributed by atoms with van der Waals surface area (Å²) in [7, 11) is 0. The molecule has 1 saturated heterocycles. The van der Waals surface area contributed by atoms with Crippen LogP contribution in [-0.2, 0) is 4.74 Å². The molecular formula is C21H23NO3. The molecule has 1 aliphatic heterocycles. The zero-order valence-electron chi connectivity index (χ0n) is 14.6. The third-order valence-electron chi connectivity index (χ3n) is 5.42. The summed E-state index contributed by atoms with van der Waals surface area (Å²) in [6, 6.07) is 16.6. The van der Waals surface area contributed by atoms with E-state index in [9.17, 15) is 9.90 Å². The summed E-state index contributed by atoms with van der Waals surface area (Å²) >= 11 is 0. The minimum absolute atomic E-state index is 0.0620. The molecule has 0 saturated carbocycles. The van der Waals surface area contributed by atoms with Crippen molar-refractivity contribution >= 4 is 6.09 Å². The van der Waals surface area contributed by atoms with Crippen LogP contribution in [0.2, 0.25) is 0 Å². The molecule has 1 amide bonds. The van der Waals surface area contributed by atoms with Crippen LogP contribution >= 0.6 is 0 Å². The van der Waals surface area contributed by atoms with Gasteiger partial charge in [0.05, 0.1) is 12.6 Å². The molecule has 1 atom stereocenters. The molecule has 4 nitrogen and oxygen atoms in total. The molecular weight excluding hydrogens is 314 g/mol. The summed E-state index contributed by atoms with van der Waals surface area (Å²) in [6.45, 7) is 4.58. The molecule has 1 unspecified atom stereocenters. The summed E-state index contributed by atoms with van der Waals surface area (Å²) in [5, 5.41) is 9.87. The molecule has 2 aromatic rings. The predicted molar refractivity (Wildman–Crippen MR) is 96.5 cm³/mol. The van der Waals surface area contributed by atoms with E-state index in [1.807, 2.05) is 38.1 Å². The highest BCUT2D eigenvalue weighted by Crippen LogP contribution is 2.44. The van der Waals surface area contributed by atoms with E-state index in [0.717, 1.165) is 0 Å². The lowest BCUT2D eigenvalue weighted by Gasteiger charge is -2.30. The van der Waals surface area contributed by atoms with Crippen LogP contribution in [0.25, 0.3) is 11.1 Å². The predicted octanol–water partition coefficient (Wildman–Crippen LogP) is 3.78. The van der Waals surface area contributed by atoms with Gasteiger partial charge < -0.3 is 14.7 Å². The third kappa shape index (κ3) is 2.71. The summed E-state index contributed by atoms with van der Waals surface area (Å²) in [5.74, 6) is 0.0620. The number of aliphatic hydroxyl groups excluding tert-OH is 1. The van der Waals surface area contributed by atoms with Gasteiger partial charge >= 0.3 is 6.09 Å². The monoisotopic (exact) mass is 337 g/mol. The van der Waals surface area contributed by atoms with Crippen LogP contribution in [0.5, 0.6) is 0 Å². The summed E-state index contributed by atoms with van der Waals surface area (Å²) in [6.07, 6.45) is -0.240. The van der Waals surface area contributed by atoms with Crippen LogP contribution in [0.3, 0.4) is 0 Å². The summed E-state index contributed by atoms with van der Waals surface area (Å²) < 4.78 is 5.68. The largest absolute Gasteiger partial charge is 0.448 e. The van der Waals surface area contributed by atoms with Gasteiger partial charge in [0.1, 0.15) is 6.61 Å². The molecule has 0 bridgehead atoms. The topological polar surface area (TPSA) is 49.8 Å². The van der Waals surface area contributed by atoms with E-state index in [1.54, 1.807) is 4.90 Å². The average Bonchev–Trinajstić information content (AvgIpc) is 3.06. The number of nitrogens with zero attached hydrogens (tertiary/aromatic N) is 1. The molecule has 2 aliphatic rings. The highest BCUT2D eigenvalue weighted by atomic mass is 16.6. The molecule has 1 aliphatic carbocycles. The fraction of sp³-hybridized carbons (Fsp3) is 0.381. The van der Waals surface area contributed by atoms with Crippen LogP contribution < -0.4 is 0 Å². The van der Waals surface area contributed by atoms with Gasteiger partial charge in [0.2, 0.25) is 0 Å². The maximum Gasteiger partial charge on any atom is 0.410 e. The third-order valence-corrected chi connectivity index (χ3v) is 5.42. The first-order valence-electron chi connectivity index (χ1n) is 8.78. The molecule has 130 valence electrons. The lowest BCUT2D eigenvalue weighted by Crippen LogP contribution is -2.43. The molecule has 4 rings (SSSR count). The zero-order chi connectivity index (χ0) is 17.6. The van der Waals surface area contributed by atoms with Gasteiger partial charge in [-0.2, -0.15) is 0 Å². The number of hydrogen-bond donors (Lipinski definition) is 1. The highest BCUT2D eigenvalue weighted by Gasteiger charge is 2.41. The van der Waals surface area contributed by atoms with Crippen molar-refractivity contribution in [3.05, 3.63) is 59.7 Å². The first-order chi connectivity index (χ1) is 12.0. The quantitative estimate of drug-likeness (QED) is 0.907. The fourth-order valence-electron chi connectivity index (χ4n) is 4.20. The van der Waals surface area contributed by atoms with Crippen molar-refractivity contribution in [3.63, 3.8) is 0 Å². The SMILES string of the molecule is CC1(C)CC(O)CN1C(=O)OCC1c2ccccc2-c2ccccc21. The van der Waals surface area contributed by atoms with E-state index in [-0.39, 0.29) is 17.6 Å². The molecule has 1 fully saturated rings. The Morgan fingerprint density at radius 2 is 1.68 bits per heavy atom. The Balaban J connectivity index is 1.55. The normalized spacial score (nSPS) is 21.1. The number of β-amino-alcohol motifs (C(OH)–C–C–N with tert-alkyl or cyclic N) is 1. The van der Waals surface area contributed by atoms with Gasteiger partial charge in [-0.25, -0.2) is 4.79 Å². The lowest BCUT2D eigenvalue weighted by molar-refractivity contribution is 0.0765. The Labute approximate surface area is 148 Å². The number of amides is 1. The fourth-order valence-corrected chi connectivity index (χ4v) is 4.20. The lowest BCUT2D eigenvalue weighted by atomic mass is 9.98. The van der Waals surface area contributed by atoms with Crippen molar-refractivity contribution in [2.75, 3.05) is 13.2 Å². The molecule has 0 aromatic heterocycles. The number of ether oxygens (including phenoxy) is 1. The Morgan fingerprint density at radius 3 is 2.20 bits per heavy atom. The van der Waals surface area contributed by atoms with Crippen LogP contribution in [0.1, 0.15) is 37.3 Å². The Bertz CT molecular complexity index is 769. The van der Waals surface area contributed by atoms with Crippen LogP contribution in [0.15, 0.2) is 48.5 Å². The van der Waals surface area contributed by atoms with Crippen LogP contribution in [0.4, 0.5) is 4.79 Å². The van der Waals surface area contributed by atoms with Gasteiger partial charge in [0.25, 0.3) is 0 Å². The number of rotatable bonds is 2. The maximum absolute atomic E-state index is 12.6. The smallest absolute Gasteiger partial charge is 0.410 e. The molecule has 25 heavy (non-hydrogen) atoms. The molecule has 1 heterocycles. The minimum atomic E-state index is -0.476. The molecule has 0 radical (unpaired) electrons. The van der Waals surface area contributed by atoms with Crippen molar-refractivity contribution in [3.8, 4) is 11.1 Å². The standard InChI is InChI=1S/C21H23NO3/c1-21(2)11-14(23)12-22(21)20(24)25-13-19-17-9-5-3-7-15(17)16-8-4-6-10-18(16)19/h3-10,14,19,23H,11-13H2,1-2H3. The Morgan fingerprint density at radius 1 is 1.12 bits per heavy atom. The summed E-state index contributed by atoms with van der Waals surface area (Å²) in [5.41, 5.74) is 4.48. The second-order valence-corrected chi connectivity index (χ2v) is 7.58. The number of likely N-dealkylation sites (tertiary alicyclic amines) is 1. The van der Waals surface area contributed by atoms with Crippen LogP contribution in [-0.4, -0.2) is 40.9 Å². The Kier molecular flexibility index (Phi) is 3.80. The number of aliphatic hydroxyl groups is 1. The van der Waals surface area contributed by atoms with Gasteiger partial charge in [0, 0.05) is 11.5 Å². The minimum Gasteiger partial charge on any atom is -0.448 e. The molecule has 0 spiro atoms. The molecule has 4 heteroatoms. The van der Waals surface area contributed by atoms with Gasteiger partial charge in [-0.1, -0.05) is 48.5 Å². The van der Waals surface area contributed by atoms with Crippen molar-refractivity contribution in [2.45, 2.75) is 37.8 Å². The van der Waals surface area contributed by atoms with Gasteiger partial charge in [0.15, 0.2) is 0 Å². The first kappa shape index (κ1) is 16.2. The molecule has 2 aromatic carbocycles. The first-order valence-corrected chi connectivity index (χ1v) is 8.78. The van der Waals surface area contributed by atoms with E-state index in [2.05, 4.69) is 24.3 Å². The Hall–Kier alpha value is -2.33. The highest BCUT2D eigenvalue weighted by molar-refractivity contribution is 5.79. The van der Waals surface area contributed by atoms with E-state index < -0.39 is 6.10 Å². The number of hydrogen-bond acceptors (Lipinski definition) is 3. The second kappa shape index (κ2) is 5.88. The number of carbonyl (C=O) groups excluding carboxylic acids is 1. The van der Waals surface area contributed by atoms with Crippen molar-refractivity contribution in [1.29, 1.82) is 0 Å². The number of fused-ring (bicyclic) bond motifs is 3. The van der Waals surface area contributed by atoms with Crippen molar-refractivity contribution in [1.82, 2.24) is 4.90 Å². The average molecular weight is 337 g/mol. The number of benzene rings is 2. The van der Waals surface area contributed by atoms with Crippen LogP contribution in [0, 0.1) is 0 Å². The van der Waals surface area contributed by atoms with Crippen molar-refractivity contribution in [2.24, 2.45) is 0 Å². The van der Waals surface area contributed by atoms with E-state index >= 15 is 0 Å². The van der Waals surface area contributed by atoms with E-state index in [1.165, 1.54) is 22.3 Å². The van der Waals surface area contributed by atoms with Gasteiger partial charge in [-0.15, -0.1) is 0 Å². The second-order valence-electron chi connectivity index (χ2n) is 7.58.